The number of carbonyl (C=O) groups excluding carboxylic acids is 1. The van der Waals surface area contributed by atoms with E-state index in [-0.39, 0.29) is 24.4 Å². The van der Waals surface area contributed by atoms with Crippen LogP contribution in [0.4, 0.5) is 4.39 Å². The highest BCUT2D eigenvalue weighted by molar-refractivity contribution is 5.88. The molecule has 1 saturated carbocycles. The zero-order valence-electron chi connectivity index (χ0n) is 21.6. The van der Waals surface area contributed by atoms with Crippen LogP contribution in [0.3, 0.4) is 0 Å². The number of hydrogen-bond donors (Lipinski definition) is 0. The fraction of sp³-hybridized carbons (Fsp3) is 0.357. The van der Waals surface area contributed by atoms with Crippen molar-refractivity contribution >= 4 is 17.0 Å². The van der Waals surface area contributed by atoms with Gasteiger partial charge in [0.2, 0.25) is 0 Å². The standard InChI is InChI=1S/C28H29FN4O5/c1-4-38-26(35)22-16-31(28(37)33(25(22)34)15-20-7-5-6-19(13-29)17(20)2)21-10-11-23-24(12-21)32(14-18-8-9-18)27(36)30(23)3/h5-7,10-12,16,18H,4,8-9,13-15H2,1-3H3. The molecule has 0 saturated heterocycles. The molecule has 9 nitrogen and oxygen atoms in total. The summed E-state index contributed by atoms with van der Waals surface area (Å²) >= 11 is 0. The Morgan fingerprint density at radius 1 is 1.03 bits per heavy atom. The molecule has 0 spiro atoms. The minimum Gasteiger partial charge on any atom is -0.462 e. The van der Waals surface area contributed by atoms with Crippen LogP contribution in [0.25, 0.3) is 16.7 Å². The zero-order chi connectivity index (χ0) is 27.1. The second-order valence-electron chi connectivity index (χ2n) is 9.71. The lowest BCUT2D eigenvalue weighted by molar-refractivity contribution is 0.0522. The Balaban J connectivity index is 1.71. The summed E-state index contributed by atoms with van der Waals surface area (Å²) in [5.41, 5.74) is 1.55. The van der Waals surface area contributed by atoms with Gasteiger partial charge in [-0.1, -0.05) is 18.2 Å². The van der Waals surface area contributed by atoms with Gasteiger partial charge in [-0.05, 0) is 67.5 Å². The number of ether oxygens (including phenoxy) is 1. The number of aryl methyl sites for hydroxylation is 1. The highest BCUT2D eigenvalue weighted by Gasteiger charge is 2.25. The number of benzene rings is 2. The molecular formula is C28H29FN4O5. The van der Waals surface area contributed by atoms with Crippen LogP contribution >= 0.6 is 0 Å². The maximum Gasteiger partial charge on any atom is 0.345 e. The third kappa shape index (κ3) is 4.40. The van der Waals surface area contributed by atoms with Gasteiger partial charge in [0, 0.05) is 19.8 Å². The largest absolute Gasteiger partial charge is 0.462 e. The number of esters is 1. The molecule has 5 rings (SSSR count). The van der Waals surface area contributed by atoms with Crippen LogP contribution in [0.1, 0.15) is 46.8 Å². The topological polar surface area (TPSA) is 97.2 Å². The third-order valence-corrected chi connectivity index (χ3v) is 7.24. The molecule has 4 aromatic rings. The Morgan fingerprint density at radius 2 is 1.76 bits per heavy atom. The molecule has 2 aromatic carbocycles. The van der Waals surface area contributed by atoms with Gasteiger partial charge in [0.25, 0.3) is 5.56 Å². The number of aromatic nitrogens is 4. The smallest absolute Gasteiger partial charge is 0.345 e. The molecule has 1 fully saturated rings. The van der Waals surface area contributed by atoms with E-state index in [1.54, 1.807) is 66.4 Å². The van der Waals surface area contributed by atoms with Crippen molar-refractivity contribution in [3.8, 4) is 5.69 Å². The van der Waals surface area contributed by atoms with Crippen LogP contribution < -0.4 is 16.9 Å². The number of carbonyl (C=O) groups is 1. The lowest BCUT2D eigenvalue weighted by Gasteiger charge is -2.15. The van der Waals surface area contributed by atoms with Crippen molar-refractivity contribution in [1.82, 2.24) is 18.3 Å². The first-order valence-corrected chi connectivity index (χ1v) is 12.6. The van der Waals surface area contributed by atoms with Gasteiger partial charge in [-0.3, -0.25) is 23.1 Å². The second kappa shape index (κ2) is 9.92. The molecule has 198 valence electrons. The Labute approximate surface area is 217 Å². The number of alkyl halides is 1. The van der Waals surface area contributed by atoms with E-state index in [1.807, 2.05) is 0 Å². The average molecular weight is 521 g/mol. The Morgan fingerprint density at radius 3 is 2.45 bits per heavy atom. The number of imidazole rings is 1. The van der Waals surface area contributed by atoms with Gasteiger partial charge < -0.3 is 4.74 Å². The second-order valence-corrected chi connectivity index (χ2v) is 9.71. The summed E-state index contributed by atoms with van der Waals surface area (Å²) in [6.07, 6.45) is 3.33. The molecular weight excluding hydrogens is 491 g/mol. The summed E-state index contributed by atoms with van der Waals surface area (Å²) in [6, 6.07) is 10.2. The summed E-state index contributed by atoms with van der Waals surface area (Å²) in [6.45, 7) is 3.17. The van der Waals surface area contributed by atoms with E-state index < -0.39 is 23.9 Å². The Hall–Kier alpha value is -4.21. The number of fused-ring (bicyclic) bond motifs is 1. The molecule has 0 amide bonds. The summed E-state index contributed by atoms with van der Waals surface area (Å²) in [5.74, 6) is -0.397. The molecule has 0 atom stereocenters. The van der Waals surface area contributed by atoms with Crippen molar-refractivity contribution in [2.45, 2.75) is 46.5 Å². The van der Waals surface area contributed by atoms with Crippen molar-refractivity contribution < 1.29 is 13.9 Å². The van der Waals surface area contributed by atoms with Crippen LogP contribution in [-0.4, -0.2) is 30.8 Å². The van der Waals surface area contributed by atoms with Crippen LogP contribution in [0, 0.1) is 12.8 Å². The molecule has 2 aromatic heterocycles. The fourth-order valence-corrected chi connectivity index (χ4v) is 4.78. The van der Waals surface area contributed by atoms with E-state index >= 15 is 0 Å². The van der Waals surface area contributed by atoms with Gasteiger partial charge in [-0.15, -0.1) is 0 Å². The highest BCUT2D eigenvalue weighted by atomic mass is 19.1. The molecule has 0 aliphatic heterocycles. The molecule has 10 heteroatoms. The predicted molar refractivity (Wildman–Crippen MR) is 141 cm³/mol. The van der Waals surface area contributed by atoms with E-state index in [4.69, 9.17) is 4.74 Å². The third-order valence-electron chi connectivity index (χ3n) is 7.24. The monoisotopic (exact) mass is 520 g/mol. The van der Waals surface area contributed by atoms with E-state index in [9.17, 15) is 23.6 Å². The minimum absolute atomic E-state index is 0.0540. The number of hydrogen-bond acceptors (Lipinski definition) is 5. The summed E-state index contributed by atoms with van der Waals surface area (Å²) in [4.78, 5) is 52.6. The molecule has 0 radical (unpaired) electrons. The Bertz CT molecular complexity index is 1740. The van der Waals surface area contributed by atoms with Crippen molar-refractivity contribution in [1.29, 1.82) is 0 Å². The van der Waals surface area contributed by atoms with Crippen LogP contribution in [-0.2, 0) is 31.5 Å². The van der Waals surface area contributed by atoms with E-state index in [1.165, 1.54) is 10.8 Å². The van der Waals surface area contributed by atoms with E-state index in [0.29, 0.717) is 45.9 Å². The van der Waals surface area contributed by atoms with Crippen molar-refractivity contribution in [2.75, 3.05) is 6.61 Å². The SMILES string of the molecule is CCOC(=O)c1cn(-c2ccc3c(c2)n(CC2CC2)c(=O)n3C)c(=O)n(Cc2cccc(CF)c2C)c1=O. The maximum absolute atomic E-state index is 13.7. The summed E-state index contributed by atoms with van der Waals surface area (Å²) < 4.78 is 24.0. The van der Waals surface area contributed by atoms with Gasteiger partial charge in [-0.2, -0.15) is 0 Å². The van der Waals surface area contributed by atoms with Crippen LogP contribution in [0.5, 0.6) is 0 Å². The van der Waals surface area contributed by atoms with E-state index in [2.05, 4.69) is 0 Å². The minimum atomic E-state index is -0.847. The van der Waals surface area contributed by atoms with Gasteiger partial charge in [-0.25, -0.2) is 18.8 Å². The average Bonchev–Trinajstić information content (AvgIpc) is 3.70. The van der Waals surface area contributed by atoms with Crippen LogP contribution in [0.15, 0.2) is 57.0 Å². The lowest BCUT2D eigenvalue weighted by atomic mass is 10.0. The lowest BCUT2D eigenvalue weighted by Crippen LogP contribution is -2.42. The molecule has 0 bridgehead atoms. The molecule has 0 unspecified atom stereocenters. The number of nitrogens with zero attached hydrogens (tertiary/aromatic N) is 4. The van der Waals surface area contributed by atoms with E-state index in [0.717, 1.165) is 17.4 Å². The first kappa shape index (κ1) is 25.4. The predicted octanol–water partition coefficient (Wildman–Crippen LogP) is 3.07. The highest BCUT2D eigenvalue weighted by Crippen LogP contribution is 2.31. The first-order valence-electron chi connectivity index (χ1n) is 12.6. The van der Waals surface area contributed by atoms with Crippen LogP contribution in [0.2, 0.25) is 0 Å². The van der Waals surface area contributed by atoms with Gasteiger partial charge in [0.15, 0.2) is 0 Å². The quantitative estimate of drug-likeness (QED) is 0.333. The molecule has 1 aliphatic carbocycles. The van der Waals surface area contributed by atoms with Crippen molar-refractivity contribution in [2.24, 2.45) is 13.0 Å². The normalized spacial score (nSPS) is 13.3. The first-order chi connectivity index (χ1) is 18.2. The molecule has 2 heterocycles. The number of rotatable bonds is 8. The maximum atomic E-state index is 13.7. The van der Waals surface area contributed by atoms with Crippen molar-refractivity contribution in [3.63, 3.8) is 0 Å². The van der Waals surface area contributed by atoms with Gasteiger partial charge >= 0.3 is 17.3 Å². The summed E-state index contributed by atoms with van der Waals surface area (Å²) in [5, 5.41) is 0. The van der Waals surface area contributed by atoms with Gasteiger partial charge in [0.05, 0.1) is 29.9 Å². The zero-order valence-corrected chi connectivity index (χ0v) is 21.6. The van der Waals surface area contributed by atoms with Gasteiger partial charge in [0.1, 0.15) is 12.2 Å². The van der Waals surface area contributed by atoms with Crippen molar-refractivity contribution in [3.05, 3.63) is 96.2 Å². The molecule has 0 N–H and O–H groups in total. The number of halogens is 1. The fourth-order valence-electron chi connectivity index (χ4n) is 4.78. The summed E-state index contributed by atoms with van der Waals surface area (Å²) in [7, 11) is 1.70. The molecule has 38 heavy (non-hydrogen) atoms. The molecule has 1 aliphatic rings. The Kier molecular flexibility index (Phi) is 6.64.